The zero-order valence-corrected chi connectivity index (χ0v) is 13.9. The van der Waals surface area contributed by atoms with Gasteiger partial charge in [0, 0.05) is 11.6 Å². The maximum atomic E-state index is 12.7. The monoisotopic (exact) mass is 415 g/mol. The summed E-state index contributed by atoms with van der Waals surface area (Å²) in [6.07, 6.45) is -16.6. The van der Waals surface area contributed by atoms with E-state index in [1.165, 1.54) is 20.9 Å². The van der Waals surface area contributed by atoms with Gasteiger partial charge in [-0.15, -0.1) is 39.5 Å². The molecule has 1 rings (SSSR count). The molecule has 1 unspecified atom stereocenters. The van der Waals surface area contributed by atoms with Crippen LogP contribution >= 0.6 is 0 Å². The Morgan fingerprint density at radius 3 is 1.56 bits per heavy atom. The molecule has 0 amide bonds. The number of hydrogen-bond acceptors (Lipinski definition) is 4. The van der Waals surface area contributed by atoms with Gasteiger partial charge in [-0.25, -0.2) is 0 Å². The van der Waals surface area contributed by atoms with Crippen molar-refractivity contribution >= 4 is 0 Å². The molecule has 0 aliphatic rings. The molecule has 1 aromatic rings. The Hall–Kier alpha value is -2.05. The molecule has 1 atom stereocenters. The third kappa shape index (κ3) is 7.23. The van der Waals surface area contributed by atoms with Crippen molar-refractivity contribution in [2.45, 2.75) is 39.0 Å². The molecular weight excluding hydrogens is 401 g/mol. The average molecular weight is 415 g/mol. The lowest BCUT2D eigenvalue weighted by molar-refractivity contribution is -0.293. The van der Waals surface area contributed by atoms with Gasteiger partial charge in [-0.2, -0.15) is 0 Å². The molecular formula is C14H14F9NO3. The molecule has 1 N–H and O–H groups in total. The highest BCUT2D eigenvalue weighted by Crippen LogP contribution is 2.48. The number of nitrogens with one attached hydrogen (secondary N) is 1. The summed E-state index contributed by atoms with van der Waals surface area (Å²) in [5.74, 6) is -5.59. The number of hydrogen-bond donors (Lipinski definition) is 1. The summed E-state index contributed by atoms with van der Waals surface area (Å²) in [6.45, 7) is 3.03. The zero-order chi connectivity index (χ0) is 21.2. The van der Waals surface area contributed by atoms with E-state index in [0.717, 1.165) is 6.07 Å². The summed E-state index contributed by atoms with van der Waals surface area (Å²) in [5.41, 5.74) is -0.501. The van der Waals surface area contributed by atoms with Crippen molar-refractivity contribution in [3.63, 3.8) is 0 Å². The fourth-order valence-corrected chi connectivity index (χ4v) is 2.29. The van der Waals surface area contributed by atoms with Crippen LogP contribution in [0.15, 0.2) is 12.1 Å². The minimum Gasteiger partial charge on any atom is -0.402 e. The Balaban J connectivity index is 3.73. The van der Waals surface area contributed by atoms with Crippen LogP contribution in [0.25, 0.3) is 0 Å². The van der Waals surface area contributed by atoms with Gasteiger partial charge in [0.2, 0.25) is 5.75 Å². The predicted molar refractivity (Wildman–Crippen MR) is 73.1 cm³/mol. The Labute approximate surface area is 147 Å². The molecule has 0 aliphatic carbocycles. The lowest BCUT2D eigenvalue weighted by Gasteiger charge is -2.26. The van der Waals surface area contributed by atoms with Crippen LogP contribution < -0.4 is 19.5 Å². The molecule has 13 heteroatoms. The van der Waals surface area contributed by atoms with Gasteiger partial charge in [-0.05, 0) is 25.1 Å². The summed E-state index contributed by atoms with van der Waals surface area (Å²) in [6, 6.07) is 0.143. The van der Waals surface area contributed by atoms with Crippen LogP contribution in [0.2, 0.25) is 0 Å². The van der Waals surface area contributed by atoms with E-state index in [4.69, 9.17) is 0 Å². The summed E-state index contributed by atoms with van der Waals surface area (Å²) in [5, 5.41) is 2.55. The van der Waals surface area contributed by atoms with Crippen molar-refractivity contribution in [1.29, 1.82) is 0 Å². The molecule has 1 aromatic carbocycles. The van der Waals surface area contributed by atoms with Crippen LogP contribution in [-0.4, -0.2) is 26.1 Å². The Morgan fingerprint density at radius 1 is 0.741 bits per heavy atom. The second kappa shape index (κ2) is 7.90. The van der Waals surface area contributed by atoms with Crippen molar-refractivity contribution < 1.29 is 53.7 Å². The van der Waals surface area contributed by atoms with Gasteiger partial charge < -0.3 is 19.5 Å². The van der Waals surface area contributed by atoms with Gasteiger partial charge in [-0.1, -0.05) is 13.8 Å². The highest BCUT2D eigenvalue weighted by atomic mass is 19.4. The first kappa shape index (κ1) is 23.0. The Bertz CT molecular complexity index is 638. The Kier molecular flexibility index (Phi) is 6.73. The van der Waals surface area contributed by atoms with Crippen molar-refractivity contribution in [1.82, 2.24) is 5.32 Å². The lowest BCUT2D eigenvalue weighted by Crippen LogP contribution is -2.27. The normalized spacial score (nSPS) is 14.3. The number of rotatable bonds is 6. The molecule has 0 radical (unpaired) electrons. The number of halogens is 9. The fourth-order valence-electron chi connectivity index (χ4n) is 2.29. The van der Waals surface area contributed by atoms with Crippen LogP contribution in [0.3, 0.4) is 0 Å². The molecule has 0 bridgehead atoms. The maximum Gasteiger partial charge on any atom is 0.573 e. The van der Waals surface area contributed by atoms with Gasteiger partial charge in [0.1, 0.15) is 0 Å². The molecule has 156 valence electrons. The first-order chi connectivity index (χ1) is 12.0. The summed E-state index contributed by atoms with van der Waals surface area (Å²) >= 11 is 0. The van der Waals surface area contributed by atoms with E-state index < -0.39 is 53.9 Å². The molecule has 0 aromatic heterocycles. The number of alkyl halides is 9. The smallest absolute Gasteiger partial charge is 0.402 e. The summed E-state index contributed by atoms with van der Waals surface area (Å²) in [7, 11) is 1.30. The minimum atomic E-state index is -5.61. The van der Waals surface area contributed by atoms with E-state index in [1.54, 1.807) is 0 Å². The molecule has 0 heterocycles. The van der Waals surface area contributed by atoms with Crippen LogP contribution in [0, 0.1) is 5.92 Å². The highest BCUT2D eigenvalue weighted by molar-refractivity contribution is 5.57. The van der Waals surface area contributed by atoms with Crippen molar-refractivity contribution in [2.75, 3.05) is 7.05 Å². The predicted octanol–water partition coefficient (Wildman–Crippen LogP) is 5.30. The summed E-state index contributed by atoms with van der Waals surface area (Å²) in [4.78, 5) is 0. The first-order valence-corrected chi connectivity index (χ1v) is 7.15. The van der Waals surface area contributed by atoms with E-state index in [0.29, 0.717) is 6.07 Å². The van der Waals surface area contributed by atoms with E-state index in [1.807, 2.05) is 0 Å². The molecule has 27 heavy (non-hydrogen) atoms. The summed E-state index contributed by atoms with van der Waals surface area (Å²) < 4.78 is 124. The Morgan fingerprint density at radius 2 is 1.19 bits per heavy atom. The lowest BCUT2D eigenvalue weighted by atomic mass is 9.95. The van der Waals surface area contributed by atoms with Crippen molar-refractivity contribution in [3.8, 4) is 17.2 Å². The largest absolute Gasteiger partial charge is 0.573 e. The van der Waals surface area contributed by atoms with Crippen LogP contribution in [-0.2, 0) is 0 Å². The second-order valence-corrected chi connectivity index (χ2v) is 5.46. The van der Waals surface area contributed by atoms with E-state index >= 15 is 0 Å². The molecule has 4 nitrogen and oxygen atoms in total. The van der Waals surface area contributed by atoms with Gasteiger partial charge in [0.15, 0.2) is 11.5 Å². The van der Waals surface area contributed by atoms with Gasteiger partial charge in [0.25, 0.3) is 0 Å². The first-order valence-electron chi connectivity index (χ1n) is 7.15. The standard InChI is InChI=1S/C14H14F9NO3/c1-6(2)9(24-3)7-4-5-8(25-12(15,16)17)11(27-14(21,22)23)10(7)26-13(18,19)20/h4-6,9,24H,1-3H3. The third-order valence-electron chi connectivity index (χ3n) is 3.08. The van der Waals surface area contributed by atoms with Crippen LogP contribution in [0.5, 0.6) is 17.2 Å². The molecule has 0 spiro atoms. The average Bonchev–Trinajstić information content (AvgIpc) is 2.40. The van der Waals surface area contributed by atoms with Crippen molar-refractivity contribution in [3.05, 3.63) is 17.7 Å². The van der Waals surface area contributed by atoms with E-state index in [-0.39, 0.29) is 0 Å². The number of ether oxygens (including phenoxy) is 3. The number of benzene rings is 1. The van der Waals surface area contributed by atoms with Gasteiger partial charge >= 0.3 is 19.1 Å². The van der Waals surface area contributed by atoms with Crippen LogP contribution in [0.1, 0.15) is 25.5 Å². The van der Waals surface area contributed by atoms with E-state index in [9.17, 15) is 39.5 Å². The molecule has 0 saturated heterocycles. The van der Waals surface area contributed by atoms with Crippen molar-refractivity contribution in [2.24, 2.45) is 5.92 Å². The highest BCUT2D eigenvalue weighted by Gasteiger charge is 2.42. The maximum absolute atomic E-state index is 12.7. The van der Waals surface area contributed by atoms with Gasteiger partial charge in [-0.3, -0.25) is 0 Å². The topological polar surface area (TPSA) is 39.7 Å². The quantitative estimate of drug-likeness (QED) is 0.641. The molecule has 0 saturated carbocycles. The SMILES string of the molecule is CNC(c1ccc(OC(F)(F)F)c(OC(F)(F)F)c1OC(F)(F)F)C(C)C. The minimum absolute atomic E-state index is 0.417. The van der Waals surface area contributed by atoms with E-state index in [2.05, 4.69) is 19.5 Å². The second-order valence-electron chi connectivity index (χ2n) is 5.46. The molecule has 0 fully saturated rings. The molecule has 0 aliphatic heterocycles. The zero-order valence-electron chi connectivity index (χ0n) is 13.9. The van der Waals surface area contributed by atoms with Gasteiger partial charge in [0.05, 0.1) is 0 Å². The fraction of sp³-hybridized carbons (Fsp3) is 0.571. The third-order valence-corrected chi connectivity index (χ3v) is 3.08. The van der Waals surface area contributed by atoms with Crippen LogP contribution in [0.4, 0.5) is 39.5 Å².